The molecule has 4 rings (SSSR count). The zero-order valence-electron chi connectivity index (χ0n) is 12.7. The SMILES string of the molecule is O=C(Cn1cnc2cc(F)ccc2c1=O)NC(C1CC1)C1CC1. The first-order valence-electron chi connectivity index (χ1n) is 8.06. The van der Waals surface area contributed by atoms with E-state index in [2.05, 4.69) is 10.3 Å². The molecule has 1 amide bonds. The van der Waals surface area contributed by atoms with Crippen molar-refractivity contribution >= 4 is 16.8 Å². The van der Waals surface area contributed by atoms with E-state index in [0.29, 0.717) is 22.7 Å². The van der Waals surface area contributed by atoms with Crippen LogP contribution in [-0.4, -0.2) is 21.5 Å². The Kier molecular flexibility index (Phi) is 3.39. The van der Waals surface area contributed by atoms with Gasteiger partial charge in [0.25, 0.3) is 5.56 Å². The minimum Gasteiger partial charge on any atom is -0.351 e. The number of fused-ring (bicyclic) bond motifs is 1. The van der Waals surface area contributed by atoms with Crippen LogP contribution >= 0.6 is 0 Å². The van der Waals surface area contributed by atoms with E-state index in [4.69, 9.17) is 0 Å². The van der Waals surface area contributed by atoms with E-state index >= 15 is 0 Å². The predicted molar refractivity (Wildman–Crippen MR) is 83.3 cm³/mol. The topological polar surface area (TPSA) is 64.0 Å². The number of hydrogen-bond acceptors (Lipinski definition) is 3. The molecule has 2 fully saturated rings. The van der Waals surface area contributed by atoms with Crippen LogP contribution in [0.2, 0.25) is 0 Å². The fourth-order valence-electron chi connectivity index (χ4n) is 3.16. The number of rotatable bonds is 5. The summed E-state index contributed by atoms with van der Waals surface area (Å²) in [5.74, 6) is 0.637. The van der Waals surface area contributed by atoms with Crippen LogP contribution in [0, 0.1) is 17.7 Å². The molecule has 0 bridgehead atoms. The number of halogens is 1. The first kappa shape index (κ1) is 14.4. The monoisotopic (exact) mass is 315 g/mol. The van der Waals surface area contributed by atoms with Crippen molar-refractivity contribution in [3.05, 3.63) is 40.7 Å². The average molecular weight is 315 g/mol. The second-order valence-electron chi connectivity index (χ2n) is 6.61. The first-order chi connectivity index (χ1) is 11.1. The van der Waals surface area contributed by atoms with E-state index in [0.717, 1.165) is 0 Å². The molecule has 0 aliphatic heterocycles. The van der Waals surface area contributed by atoms with Crippen molar-refractivity contribution < 1.29 is 9.18 Å². The summed E-state index contributed by atoms with van der Waals surface area (Å²) in [6.07, 6.45) is 6.05. The third kappa shape index (κ3) is 2.98. The quantitative estimate of drug-likeness (QED) is 0.916. The van der Waals surface area contributed by atoms with Gasteiger partial charge in [-0.25, -0.2) is 9.37 Å². The second-order valence-corrected chi connectivity index (χ2v) is 6.61. The molecule has 0 radical (unpaired) electrons. The van der Waals surface area contributed by atoms with Gasteiger partial charge >= 0.3 is 0 Å². The largest absolute Gasteiger partial charge is 0.351 e. The molecule has 1 N–H and O–H groups in total. The van der Waals surface area contributed by atoms with Crippen LogP contribution in [0.15, 0.2) is 29.3 Å². The Morgan fingerprint density at radius 1 is 1.30 bits per heavy atom. The molecule has 2 aliphatic carbocycles. The molecular formula is C17H18FN3O2. The summed E-state index contributed by atoms with van der Waals surface area (Å²) < 4.78 is 14.5. The van der Waals surface area contributed by atoms with Crippen LogP contribution in [0.25, 0.3) is 10.9 Å². The molecule has 2 aromatic rings. The number of amides is 1. The van der Waals surface area contributed by atoms with Crippen LogP contribution in [0.3, 0.4) is 0 Å². The summed E-state index contributed by atoms with van der Waals surface area (Å²) in [7, 11) is 0. The highest BCUT2D eigenvalue weighted by Crippen LogP contribution is 2.44. The Morgan fingerprint density at radius 3 is 2.65 bits per heavy atom. The lowest BCUT2D eigenvalue weighted by Gasteiger charge is -2.18. The molecule has 0 atom stereocenters. The first-order valence-corrected chi connectivity index (χ1v) is 8.06. The standard InChI is InChI=1S/C17H18FN3O2/c18-12-5-6-13-14(7-12)19-9-21(17(13)23)8-15(22)20-16(10-1-2-10)11-3-4-11/h5-7,9-11,16H,1-4,8H2,(H,20,22). The smallest absolute Gasteiger partial charge is 0.261 e. The Balaban J connectivity index is 1.52. The number of benzene rings is 1. The van der Waals surface area contributed by atoms with Crippen LogP contribution in [0.1, 0.15) is 25.7 Å². The lowest BCUT2D eigenvalue weighted by Crippen LogP contribution is -2.41. The zero-order chi connectivity index (χ0) is 16.0. The number of aromatic nitrogens is 2. The highest BCUT2D eigenvalue weighted by Gasteiger charge is 2.42. The van der Waals surface area contributed by atoms with Gasteiger partial charge in [-0.15, -0.1) is 0 Å². The summed E-state index contributed by atoms with van der Waals surface area (Å²) in [6.45, 7) is -0.0465. The molecule has 2 saturated carbocycles. The number of hydrogen-bond donors (Lipinski definition) is 1. The van der Waals surface area contributed by atoms with Crippen LogP contribution in [0.5, 0.6) is 0 Å². The molecule has 23 heavy (non-hydrogen) atoms. The van der Waals surface area contributed by atoms with Crippen molar-refractivity contribution in [3.8, 4) is 0 Å². The fourth-order valence-corrected chi connectivity index (χ4v) is 3.16. The number of carbonyl (C=O) groups excluding carboxylic acids is 1. The third-order valence-corrected chi connectivity index (χ3v) is 4.69. The molecule has 1 aromatic carbocycles. The van der Waals surface area contributed by atoms with Crippen molar-refractivity contribution in [2.45, 2.75) is 38.3 Å². The summed E-state index contributed by atoms with van der Waals surface area (Å²) in [4.78, 5) is 28.7. The van der Waals surface area contributed by atoms with Gasteiger partial charge in [-0.1, -0.05) is 0 Å². The number of carbonyl (C=O) groups is 1. The van der Waals surface area contributed by atoms with Gasteiger partial charge < -0.3 is 5.32 Å². The molecule has 0 unspecified atom stereocenters. The third-order valence-electron chi connectivity index (χ3n) is 4.69. The average Bonchev–Trinajstić information content (AvgIpc) is 3.40. The Labute approximate surface area is 132 Å². The number of nitrogens with zero attached hydrogens (tertiary/aromatic N) is 2. The van der Waals surface area contributed by atoms with Gasteiger partial charge in [-0.05, 0) is 49.7 Å². The van der Waals surface area contributed by atoms with Gasteiger partial charge in [-0.2, -0.15) is 0 Å². The van der Waals surface area contributed by atoms with E-state index < -0.39 is 5.82 Å². The van der Waals surface area contributed by atoms with Crippen molar-refractivity contribution in [1.29, 1.82) is 0 Å². The van der Waals surface area contributed by atoms with E-state index in [1.54, 1.807) is 0 Å². The highest BCUT2D eigenvalue weighted by atomic mass is 19.1. The normalized spacial score (nSPS) is 17.7. The maximum absolute atomic E-state index is 13.2. The van der Waals surface area contributed by atoms with Gasteiger partial charge in [-0.3, -0.25) is 14.2 Å². The minimum atomic E-state index is -0.434. The van der Waals surface area contributed by atoms with Crippen molar-refractivity contribution in [3.63, 3.8) is 0 Å². The van der Waals surface area contributed by atoms with Crippen LogP contribution in [-0.2, 0) is 11.3 Å². The second kappa shape index (κ2) is 5.44. The maximum atomic E-state index is 13.2. The van der Waals surface area contributed by atoms with Crippen molar-refractivity contribution in [1.82, 2.24) is 14.9 Å². The van der Waals surface area contributed by atoms with Crippen molar-refractivity contribution in [2.24, 2.45) is 11.8 Å². The zero-order valence-corrected chi connectivity index (χ0v) is 12.7. The van der Waals surface area contributed by atoms with Gasteiger partial charge in [0.2, 0.25) is 5.91 Å². The summed E-state index contributed by atoms with van der Waals surface area (Å²) >= 11 is 0. The van der Waals surface area contributed by atoms with Crippen molar-refractivity contribution in [2.75, 3.05) is 0 Å². The molecule has 120 valence electrons. The molecule has 2 aliphatic rings. The molecule has 6 heteroatoms. The van der Waals surface area contributed by atoms with E-state index in [-0.39, 0.29) is 24.1 Å². The highest BCUT2D eigenvalue weighted by molar-refractivity contribution is 5.79. The molecular weight excluding hydrogens is 297 g/mol. The summed E-state index contributed by atoms with van der Waals surface area (Å²) in [5, 5.41) is 3.41. The molecule has 1 aromatic heterocycles. The Bertz CT molecular complexity index is 812. The van der Waals surface area contributed by atoms with E-state index in [1.165, 1.54) is 54.8 Å². The predicted octanol–water partition coefficient (Wildman–Crippen LogP) is 1.84. The Hall–Kier alpha value is -2.24. The van der Waals surface area contributed by atoms with E-state index in [9.17, 15) is 14.0 Å². The minimum absolute atomic E-state index is 0.0465. The van der Waals surface area contributed by atoms with Gasteiger partial charge in [0, 0.05) is 12.1 Å². The summed E-state index contributed by atoms with van der Waals surface area (Å²) in [5.41, 5.74) is -0.0139. The van der Waals surface area contributed by atoms with Gasteiger partial charge in [0.1, 0.15) is 12.4 Å². The molecule has 0 spiro atoms. The van der Waals surface area contributed by atoms with E-state index in [1.807, 2.05) is 0 Å². The molecule has 5 nitrogen and oxygen atoms in total. The van der Waals surface area contributed by atoms with Crippen LogP contribution < -0.4 is 10.9 Å². The lowest BCUT2D eigenvalue weighted by molar-refractivity contribution is -0.122. The maximum Gasteiger partial charge on any atom is 0.261 e. The molecule has 0 saturated heterocycles. The molecule has 1 heterocycles. The van der Waals surface area contributed by atoms with Crippen LogP contribution in [0.4, 0.5) is 4.39 Å². The lowest BCUT2D eigenvalue weighted by atomic mass is 10.1. The summed E-state index contributed by atoms with van der Waals surface area (Å²) in [6, 6.07) is 4.12. The van der Waals surface area contributed by atoms with Gasteiger partial charge in [0.05, 0.1) is 17.2 Å². The number of nitrogens with one attached hydrogen (secondary N) is 1. The fraction of sp³-hybridized carbons (Fsp3) is 0.471. The Morgan fingerprint density at radius 2 is 2.00 bits per heavy atom. The van der Waals surface area contributed by atoms with Gasteiger partial charge in [0.15, 0.2) is 0 Å².